The van der Waals surface area contributed by atoms with Crippen LogP contribution in [0.25, 0.3) is 0 Å². The molecule has 0 saturated heterocycles. The van der Waals surface area contributed by atoms with Gasteiger partial charge in [0.1, 0.15) is 0 Å². The minimum Gasteiger partial charge on any atom is -0.315 e. The second kappa shape index (κ2) is 6.53. The highest BCUT2D eigenvalue weighted by molar-refractivity contribution is 7.11. The molecule has 0 amide bonds. The Bertz CT molecular complexity index is 331. The van der Waals surface area contributed by atoms with E-state index in [2.05, 4.69) is 29.3 Å². The maximum absolute atomic E-state index is 3.21. The molecule has 96 valence electrons. The maximum atomic E-state index is 3.21. The van der Waals surface area contributed by atoms with Gasteiger partial charge >= 0.3 is 0 Å². The first-order chi connectivity index (χ1) is 8.31. The number of hydrogen-bond acceptors (Lipinski definition) is 3. The van der Waals surface area contributed by atoms with Gasteiger partial charge in [-0.2, -0.15) is 0 Å². The second-order valence-corrected chi connectivity index (χ2v) is 6.33. The molecule has 0 radical (unpaired) electrons. The zero-order valence-electron chi connectivity index (χ0n) is 11.0. The van der Waals surface area contributed by atoms with Crippen molar-refractivity contribution in [1.29, 1.82) is 0 Å². The molecule has 2 nitrogen and oxygen atoms in total. The van der Waals surface area contributed by atoms with E-state index < -0.39 is 0 Å². The molecule has 3 heteroatoms. The van der Waals surface area contributed by atoms with Crippen LogP contribution >= 0.6 is 11.3 Å². The van der Waals surface area contributed by atoms with E-state index in [-0.39, 0.29) is 0 Å². The van der Waals surface area contributed by atoms with Crippen molar-refractivity contribution in [3.8, 4) is 0 Å². The second-order valence-electron chi connectivity index (χ2n) is 5.08. The average Bonchev–Trinajstić information content (AvgIpc) is 3.00. The van der Waals surface area contributed by atoms with Crippen LogP contribution in [-0.4, -0.2) is 25.0 Å². The molecule has 17 heavy (non-hydrogen) atoms. The fraction of sp³-hybridized carbons (Fsp3) is 0.714. The average molecular weight is 252 g/mol. The molecule has 0 aliphatic heterocycles. The van der Waals surface area contributed by atoms with Crippen molar-refractivity contribution < 1.29 is 0 Å². The lowest BCUT2D eigenvalue weighted by molar-refractivity contribution is 0.257. The predicted molar refractivity (Wildman–Crippen MR) is 75.4 cm³/mol. The highest BCUT2D eigenvalue weighted by Gasteiger charge is 2.24. The monoisotopic (exact) mass is 252 g/mol. The fourth-order valence-corrected chi connectivity index (χ4v) is 3.29. The van der Waals surface area contributed by atoms with Gasteiger partial charge in [0, 0.05) is 29.4 Å². The van der Waals surface area contributed by atoms with Crippen molar-refractivity contribution in [1.82, 2.24) is 10.2 Å². The third-order valence-electron chi connectivity index (χ3n) is 3.20. The van der Waals surface area contributed by atoms with Crippen LogP contribution in [0, 0.1) is 5.92 Å². The van der Waals surface area contributed by atoms with Crippen LogP contribution < -0.4 is 5.32 Å². The first-order valence-corrected chi connectivity index (χ1v) is 7.58. The highest BCUT2D eigenvalue weighted by Crippen LogP contribution is 2.30. The molecule has 1 fully saturated rings. The summed E-state index contributed by atoms with van der Waals surface area (Å²) in [7, 11) is 2.01. The number of nitrogens with zero attached hydrogens (tertiary/aromatic N) is 1. The van der Waals surface area contributed by atoms with Gasteiger partial charge in [-0.15, -0.1) is 11.3 Å². The third kappa shape index (κ3) is 4.41. The summed E-state index contributed by atoms with van der Waals surface area (Å²) < 4.78 is 0. The maximum Gasteiger partial charge on any atom is 0.0328 e. The number of hydrogen-bond donors (Lipinski definition) is 1. The van der Waals surface area contributed by atoms with Gasteiger partial charge in [-0.1, -0.05) is 6.92 Å². The SMILES string of the molecule is CCCN(Cc1ccc(CNC)s1)CC1CC1. The highest BCUT2D eigenvalue weighted by atomic mass is 32.1. The Balaban J connectivity index is 1.85. The molecule has 0 atom stereocenters. The zero-order chi connectivity index (χ0) is 12.1. The van der Waals surface area contributed by atoms with E-state index in [1.165, 1.54) is 42.1 Å². The summed E-state index contributed by atoms with van der Waals surface area (Å²) in [5.74, 6) is 0.998. The molecule has 0 bridgehead atoms. The quantitative estimate of drug-likeness (QED) is 0.765. The van der Waals surface area contributed by atoms with Gasteiger partial charge < -0.3 is 5.32 Å². The third-order valence-corrected chi connectivity index (χ3v) is 4.27. The Morgan fingerprint density at radius 2 is 2.12 bits per heavy atom. The molecule has 1 heterocycles. The minimum absolute atomic E-state index is 0.998. The Hall–Kier alpha value is -0.380. The van der Waals surface area contributed by atoms with E-state index in [1.807, 2.05) is 18.4 Å². The molecular weight excluding hydrogens is 228 g/mol. The van der Waals surface area contributed by atoms with Crippen LogP contribution in [0.3, 0.4) is 0 Å². The number of rotatable bonds is 8. The zero-order valence-corrected chi connectivity index (χ0v) is 11.9. The molecule has 0 spiro atoms. The summed E-state index contributed by atoms with van der Waals surface area (Å²) in [6.07, 6.45) is 4.17. The van der Waals surface area contributed by atoms with Crippen LogP contribution in [0.15, 0.2) is 12.1 Å². The van der Waals surface area contributed by atoms with Crippen LogP contribution in [0.2, 0.25) is 0 Å². The van der Waals surface area contributed by atoms with Gasteiger partial charge in [0.2, 0.25) is 0 Å². The molecule has 1 N–H and O–H groups in total. The van der Waals surface area contributed by atoms with Crippen molar-refractivity contribution in [2.75, 3.05) is 20.1 Å². The van der Waals surface area contributed by atoms with Gasteiger partial charge in [-0.05, 0) is 50.9 Å². The number of thiophene rings is 1. The number of nitrogens with one attached hydrogen (secondary N) is 1. The van der Waals surface area contributed by atoms with Crippen molar-refractivity contribution in [3.05, 3.63) is 21.9 Å². The molecule has 1 saturated carbocycles. The predicted octanol–water partition coefficient (Wildman–Crippen LogP) is 3.09. The molecule has 1 aliphatic carbocycles. The molecule has 1 aliphatic rings. The summed E-state index contributed by atoms with van der Waals surface area (Å²) in [6, 6.07) is 4.56. The van der Waals surface area contributed by atoms with Gasteiger partial charge in [0.25, 0.3) is 0 Å². The van der Waals surface area contributed by atoms with Crippen molar-refractivity contribution in [2.45, 2.75) is 39.3 Å². The normalized spacial score (nSPS) is 15.7. The van der Waals surface area contributed by atoms with Gasteiger partial charge in [-0.25, -0.2) is 0 Å². The summed E-state index contributed by atoms with van der Waals surface area (Å²) in [6.45, 7) is 6.99. The van der Waals surface area contributed by atoms with E-state index >= 15 is 0 Å². The molecule has 1 aromatic rings. The van der Waals surface area contributed by atoms with E-state index in [9.17, 15) is 0 Å². The summed E-state index contributed by atoms with van der Waals surface area (Å²) in [4.78, 5) is 5.60. The lowest BCUT2D eigenvalue weighted by atomic mass is 10.3. The van der Waals surface area contributed by atoms with Gasteiger partial charge in [0.15, 0.2) is 0 Å². The van der Waals surface area contributed by atoms with Crippen LogP contribution in [0.1, 0.15) is 35.9 Å². The van der Waals surface area contributed by atoms with Gasteiger partial charge in [0.05, 0.1) is 0 Å². The molecule has 1 aromatic heterocycles. The van der Waals surface area contributed by atoms with Crippen LogP contribution in [0.4, 0.5) is 0 Å². The molecule has 0 aromatic carbocycles. The Morgan fingerprint density at radius 1 is 1.35 bits per heavy atom. The lowest BCUT2D eigenvalue weighted by Crippen LogP contribution is -2.25. The Morgan fingerprint density at radius 3 is 2.76 bits per heavy atom. The largest absolute Gasteiger partial charge is 0.315 e. The van der Waals surface area contributed by atoms with Gasteiger partial charge in [-0.3, -0.25) is 4.90 Å². The Kier molecular flexibility index (Phi) is 5.01. The first kappa shape index (κ1) is 13.1. The topological polar surface area (TPSA) is 15.3 Å². The Labute approximate surface area is 109 Å². The standard InChI is InChI=1S/C14H24N2S/c1-3-8-16(10-12-4-5-12)11-14-7-6-13(17-14)9-15-2/h6-7,12,15H,3-5,8-11H2,1-2H3. The van der Waals surface area contributed by atoms with Crippen LogP contribution in [-0.2, 0) is 13.1 Å². The molecule has 0 unspecified atom stereocenters. The smallest absolute Gasteiger partial charge is 0.0328 e. The first-order valence-electron chi connectivity index (χ1n) is 6.76. The molecular formula is C14H24N2S. The minimum atomic E-state index is 0.998. The fourth-order valence-electron chi connectivity index (χ4n) is 2.21. The van der Waals surface area contributed by atoms with E-state index in [0.717, 1.165) is 19.0 Å². The summed E-state index contributed by atoms with van der Waals surface area (Å²) in [5, 5.41) is 3.21. The van der Waals surface area contributed by atoms with E-state index in [4.69, 9.17) is 0 Å². The van der Waals surface area contributed by atoms with Crippen molar-refractivity contribution >= 4 is 11.3 Å². The van der Waals surface area contributed by atoms with Crippen molar-refractivity contribution in [2.24, 2.45) is 5.92 Å². The summed E-state index contributed by atoms with van der Waals surface area (Å²) in [5.41, 5.74) is 0. The molecule has 2 rings (SSSR count). The lowest BCUT2D eigenvalue weighted by Gasteiger charge is -2.20. The van der Waals surface area contributed by atoms with E-state index in [0.29, 0.717) is 0 Å². The van der Waals surface area contributed by atoms with Crippen LogP contribution in [0.5, 0.6) is 0 Å². The van der Waals surface area contributed by atoms with E-state index in [1.54, 1.807) is 0 Å². The summed E-state index contributed by atoms with van der Waals surface area (Å²) >= 11 is 1.95. The van der Waals surface area contributed by atoms with Crippen molar-refractivity contribution in [3.63, 3.8) is 0 Å².